The molecule has 0 saturated heterocycles. The van der Waals surface area contributed by atoms with Crippen LogP contribution in [0.25, 0.3) is 5.65 Å². The zero-order chi connectivity index (χ0) is 10.1. The predicted molar refractivity (Wildman–Crippen MR) is 52.0 cm³/mol. The maximum atomic E-state index is 11.4. The smallest absolute Gasteiger partial charge is 0.344 e. The van der Waals surface area contributed by atoms with E-state index in [0.29, 0.717) is 15.8 Å². The molecule has 72 valence electrons. The van der Waals surface area contributed by atoms with E-state index in [1.807, 2.05) is 0 Å². The number of fused-ring (bicyclic) bond motifs is 1. The molecule has 2 rings (SSSR count). The molecule has 2 aromatic rings. The second kappa shape index (κ2) is 3.38. The molecule has 0 aliphatic heterocycles. The first-order chi connectivity index (χ1) is 6.74. The lowest BCUT2D eigenvalue weighted by Gasteiger charge is -1.95. The lowest BCUT2D eigenvalue weighted by molar-refractivity contribution is 0.0601. The number of methoxy groups -OCH3 is 1. The quantitative estimate of drug-likeness (QED) is 0.721. The van der Waals surface area contributed by atoms with Crippen molar-refractivity contribution < 1.29 is 9.53 Å². The van der Waals surface area contributed by atoms with E-state index in [-0.39, 0.29) is 0 Å². The Morgan fingerprint density at radius 1 is 1.64 bits per heavy atom. The molecule has 0 N–H and O–H groups in total. The second-order valence-corrected chi connectivity index (χ2v) is 3.30. The average Bonchev–Trinajstić information content (AvgIpc) is 2.53. The van der Waals surface area contributed by atoms with Crippen LogP contribution >= 0.6 is 15.9 Å². The van der Waals surface area contributed by atoms with Crippen LogP contribution in [0, 0.1) is 0 Å². The molecule has 0 unspecified atom stereocenters. The number of carbonyl (C=O) groups excluding carboxylic acids is 1. The minimum Gasteiger partial charge on any atom is -0.465 e. The topological polar surface area (TPSA) is 56.5 Å². The third kappa shape index (κ3) is 1.27. The zero-order valence-corrected chi connectivity index (χ0v) is 8.85. The van der Waals surface area contributed by atoms with E-state index < -0.39 is 5.97 Å². The Morgan fingerprint density at radius 3 is 3.14 bits per heavy atom. The molecule has 0 radical (unpaired) electrons. The molecule has 0 aliphatic rings. The van der Waals surface area contributed by atoms with Crippen LogP contribution in [0.15, 0.2) is 23.1 Å². The molecule has 0 fully saturated rings. The fourth-order valence-electron chi connectivity index (χ4n) is 1.14. The van der Waals surface area contributed by atoms with Crippen LogP contribution in [0.2, 0.25) is 0 Å². The van der Waals surface area contributed by atoms with Gasteiger partial charge < -0.3 is 4.74 Å². The first-order valence-corrected chi connectivity index (χ1v) is 4.60. The molecular weight excluding hydrogens is 250 g/mol. The Labute approximate surface area is 87.8 Å². The Kier molecular flexibility index (Phi) is 2.20. The summed E-state index contributed by atoms with van der Waals surface area (Å²) < 4.78 is 6.56. The summed E-state index contributed by atoms with van der Waals surface area (Å²) >= 11 is 3.18. The fourth-order valence-corrected chi connectivity index (χ4v) is 1.65. The number of esters is 1. The Hall–Kier alpha value is -1.43. The van der Waals surface area contributed by atoms with Gasteiger partial charge in [0, 0.05) is 12.4 Å². The molecule has 0 spiro atoms. The fraction of sp³-hybridized carbons (Fsp3) is 0.125. The molecule has 0 bridgehead atoms. The van der Waals surface area contributed by atoms with Crippen LogP contribution in [-0.4, -0.2) is 27.7 Å². The van der Waals surface area contributed by atoms with Gasteiger partial charge in [-0.05, 0) is 22.0 Å². The van der Waals surface area contributed by atoms with Crippen molar-refractivity contribution in [2.24, 2.45) is 0 Å². The van der Waals surface area contributed by atoms with Crippen LogP contribution in [0.4, 0.5) is 0 Å². The van der Waals surface area contributed by atoms with Gasteiger partial charge in [-0.2, -0.15) is 5.10 Å². The molecule has 14 heavy (non-hydrogen) atoms. The molecule has 5 nitrogen and oxygen atoms in total. The van der Waals surface area contributed by atoms with Gasteiger partial charge in [-0.3, -0.25) is 0 Å². The van der Waals surface area contributed by atoms with E-state index in [2.05, 4.69) is 30.7 Å². The van der Waals surface area contributed by atoms with Gasteiger partial charge in [0.05, 0.1) is 7.11 Å². The number of nitrogens with zero attached hydrogens (tertiary/aromatic N) is 3. The number of carbonyl (C=O) groups is 1. The summed E-state index contributed by atoms with van der Waals surface area (Å²) in [4.78, 5) is 15.4. The summed E-state index contributed by atoms with van der Waals surface area (Å²) in [6.45, 7) is 0. The SMILES string of the molecule is COC(=O)c1c(Br)nn2cccnc12. The summed E-state index contributed by atoms with van der Waals surface area (Å²) in [6, 6.07) is 1.73. The normalized spacial score (nSPS) is 10.4. The van der Waals surface area contributed by atoms with Crippen LogP contribution in [0.1, 0.15) is 10.4 Å². The standard InChI is InChI=1S/C8H6BrN3O2/c1-14-8(13)5-6(9)11-12-4-2-3-10-7(5)12/h2-4H,1H3. The van der Waals surface area contributed by atoms with E-state index in [1.54, 1.807) is 18.5 Å². The lowest BCUT2D eigenvalue weighted by atomic mass is 10.3. The molecule has 2 heterocycles. The van der Waals surface area contributed by atoms with Crippen molar-refractivity contribution in [3.05, 3.63) is 28.6 Å². The van der Waals surface area contributed by atoms with Crippen LogP contribution in [0.5, 0.6) is 0 Å². The van der Waals surface area contributed by atoms with Gasteiger partial charge in [0.2, 0.25) is 0 Å². The molecule has 0 atom stereocenters. The van der Waals surface area contributed by atoms with Crippen molar-refractivity contribution in [2.75, 3.05) is 7.11 Å². The minimum absolute atomic E-state index is 0.341. The van der Waals surface area contributed by atoms with E-state index in [0.717, 1.165) is 0 Å². The highest BCUT2D eigenvalue weighted by Crippen LogP contribution is 2.19. The van der Waals surface area contributed by atoms with Gasteiger partial charge in [0.1, 0.15) is 10.2 Å². The van der Waals surface area contributed by atoms with Gasteiger partial charge in [0.25, 0.3) is 0 Å². The monoisotopic (exact) mass is 255 g/mol. The van der Waals surface area contributed by atoms with Gasteiger partial charge in [0.15, 0.2) is 5.65 Å². The molecule has 0 aliphatic carbocycles. The van der Waals surface area contributed by atoms with E-state index in [9.17, 15) is 4.79 Å². The lowest BCUT2D eigenvalue weighted by Crippen LogP contribution is -2.02. The summed E-state index contributed by atoms with van der Waals surface area (Å²) in [5, 5.41) is 4.05. The van der Waals surface area contributed by atoms with E-state index in [1.165, 1.54) is 11.6 Å². The highest BCUT2D eigenvalue weighted by Gasteiger charge is 2.19. The highest BCUT2D eigenvalue weighted by molar-refractivity contribution is 9.10. The number of rotatable bonds is 1. The maximum Gasteiger partial charge on any atom is 0.344 e. The van der Waals surface area contributed by atoms with Crippen molar-refractivity contribution >= 4 is 27.5 Å². The third-order valence-corrected chi connectivity index (χ3v) is 2.30. The Balaban J connectivity index is 2.74. The number of aromatic nitrogens is 3. The summed E-state index contributed by atoms with van der Waals surface area (Å²) in [5.74, 6) is -0.453. The summed E-state index contributed by atoms with van der Waals surface area (Å²) in [6.07, 6.45) is 3.30. The van der Waals surface area contributed by atoms with Gasteiger partial charge in [-0.1, -0.05) is 0 Å². The first-order valence-electron chi connectivity index (χ1n) is 3.81. The van der Waals surface area contributed by atoms with Gasteiger partial charge in [-0.15, -0.1) is 0 Å². The minimum atomic E-state index is -0.453. The molecule has 0 amide bonds. The third-order valence-electron chi connectivity index (χ3n) is 1.74. The van der Waals surface area contributed by atoms with Crippen LogP contribution in [-0.2, 0) is 4.74 Å². The highest BCUT2D eigenvalue weighted by atomic mass is 79.9. The Bertz CT molecular complexity index is 494. The van der Waals surface area contributed by atoms with Crippen molar-refractivity contribution in [1.29, 1.82) is 0 Å². The van der Waals surface area contributed by atoms with E-state index in [4.69, 9.17) is 0 Å². The average molecular weight is 256 g/mol. The van der Waals surface area contributed by atoms with Gasteiger partial charge >= 0.3 is 5.97 Å². The molecule has 2 aromatic heterocycles. The Morgan fingerprint density at radius 2 is 2.43 bits per heavy atom. The molecular formula is C8H6BrN3O2. The van der Waals surface area contributed by atoms with Crippen LogP contribution in [0.3, 0.4) is 0 Å². The van der Waals surface area contributed by atoms with Gasteiger partial charge in [-0.25, -0.2) is 14.3 Å². The first kappa shape index (κ1) is 9.14. The summed E-state index contributed by atoms with van der Waals surface area (Å²) in [5.41, 5.74) is 0.819. The predicted octanol–water partition coefficient (Wildman–Crippen LogP) is 1.28. The summed E-state index contributed by atoms with van der Waals surface area (Å²) in [7, 11) is 1.32. The number of hydrogen-bond donors (Lipinski definition) is 0. The molecule has 0 saturated carbocycles. The molecule has 6 heteroatoms. The van der Waals surface area contributed by atoms with Crippen molar-refractivity contribution in [3.63, 3.8) is 0 Å². The molecule has 0 aromatic carbocycles. The number of hydrogen-bond acceptors (Lipinski definition) is 4. The van der Waals surface area contributed by atoms with Crippen LogP contribution < -0.4 is 0 Å². The zero-order valence-electron chi connectivity index (χ0n) is 7.27. The second-order valence-electron chi connectivity index (χ2n) is 2.55. The largest absolute Gasteiger partial charge is 0.465 e. The number of halogens is 1. The maximum absolute atomic E-state index is 11.4. The van der Waals surface area contributed by atoms with Crippen molar-refractivity contribution in [3.8, 4) is 0 Å². The van der Waals surface area contributed by atoms with E-state index >= 15 is 0 Å². The number of ether oxygens (including phenoxy) is 1. The van der Waals surface area contributed by atoms with Crippen molar-refractivity contribution in [1.82, 2.24) is 14.6 Å². The van der Waals surface area contributed by atoms with Crippen molar-refractivity contribution in [2.45, 2.75) is 0 Å².